The first-order chi connectivity index (χ1) is 9.03. The Balaban J connectivity index is 2.90. The van der Waals surface area contributed by atoms with Crippen molar-refractivity contribution in [3.8, 4) is 0 Å². The van der Waals surface area contributed by atoms with E-state index in [1.165, 1.54) is 14.2 Å². The van der Waals surface area contributed by atoms with Crippen molar-refractivity contribution in [1.82, 2.24) is 0 Å². The van der Waals surface area contributed by atoms with Crippen molar-refractivity contribution < 1.29 is 24.2 Å². The van der Waals surface area contributed by atoms with E-state index in [0.717, 1.165) is 19.3 Å². The van der Waals surface area contributed by atoms with Gasteiger partial charge in [-0.3, -0.25) is 4.79 Å². The summed E-state index contributed by atoms with van der Waals surface area (Å²) in [6.07, 6.45) is 2.07. The summed E-state index contributed by atoms with van der Waals surface area (Å²) in [7, 11) is 2.89. The van der Waals surface area contributed by atoms with Crippen molar-refractivity contribution >= 4 is 11.5 Å². The molecule has 110 valence electrons. The third-order valence-corrected chi connectivity index (χ3v) is 3.46. The van der Waals surface area contributed by atoms with Gasteiger partial charge >= 0.3 is 0 Å². The first kappa shape index (κ1) is 16.1. The Hall–Kier alpha value is -0.980. The number of oxime groups is 1. The molecule has 1 aliphatic rings. The van der Waals surface area contributed by atoms with Crippen LogP contribution in [0.2, 0.25) is 0 Å². The normalized spacial score (nSPS) is 33.9. The third-order valence-electron chi connectivity index (χ3n) is 3.46. The van der Waals surface area contributed by atoms with E-state index in [-0.39, 0.29) is 11.5 Å². The highest BCUT2D eigenvalue weighted by Gasteiger charge is 2.51. The molecule has 19 heavy (non-hydrogen) atoms. The van der Waals surface area contributed by atoms with Crippen molar-refractivity contribution in [1.29, 1.82) is 0 Å². The molecule has 3 unspecified atom stereocenters. The smallest absolute Gasteiger partial charge is 0.212 e. The summed E-state index contributed by atoms with van der Waals surface area (Å²) < 4.78 is 16.2. The van der Waals surface area contributed by atoms with E-state index < -0.39 is 18.0 Å². The number of nitrogens with zero attached hydrogens (tertiary/aromatic N) is 1. The number of ketones is 1. The van der Waals surface area contributed by atoms with E-state index in [1.807, 2.05) is 0 Å². The second-order valence-corrected chi connectivity index (χ2v) is 4.79. The van der Waals surface area contributed by atoms with Crippen molar-refractivity contribution in [3.05, 3.63) is 0 Å². The number of rotatable bonds is 6. The molecule has 1 rings (SSSR count). The molecule has 0 aliphatic carbocycles. The predicted octanol–water partition coefficient (Wildman–Crippen LogP) is 1.74. The number of hydrogen-bond donors (Lipinski definition) is 1. The number of hydrogen-bond acceptors (Lipinski definition) is 6. The maximum Gasteiger partial charge on any atom is 0.212 e. The predicted molar refractivity (Wildman–Crippen MR) is 69.5 cm³/mol. The van der Waals surface area contributed by atoms with Gasteiger partial charge in [-0.25, -0.2) is 0 Å². The summed E-state index contributed by atoms with van der Waals surface area (Å²) >= 11 is 0. The number of methoxy groups -OCH3 is 2. The zero-order valence-electron chi connectivity index (χ0n) is 12.0. The van der Waals surface area contributed by atoms with Gasteiger partial charge in [-0.1, -0.05) is 31.3 Å². The molecule has 3 atom stereocenters. The minimum Gasteiger partial charge on any atom is -0.410 e. The fourth-order valence-corrected chi connectivity index (χ4v) is 2.29. The van der Waals surface area contributed by atoms with Gasteiger partial charge in [-0.05, 0) is 13.3 Å². The lowest BCUT2D eigenvalue weighted by atomic mass is 9.92. The van der Waals surface area contributed by atoms with Gasteiger partial charge in [0.1, 0.15) is 6.10 Å². The Morgan fingerprint density at radius 3 is 2.58 bits per heavy atom. The average molecular weight is 273 g/mol. The molecule has 1 aliphatic heterocycles. The van der Waals surface area contributed by atoms with Crippen LogP contribution in [0.25, 0.3) is 0 Å². The Morgan fingerprint density at radius 1 is 1.42 bits per heavy atom. The SMILES string of the molecule is CCCCCC1OC(C)(OC)C(OC)/C(=N\O)C1=O. The van der Waals surface area contributed by atoms with Gasteiger partial charge in [-0.15, -0.1) is 0 Å². The van der Waals surface area contributed by atoms with Crippen LogP contribution >= 0.6 is 0 Å². The molecule has 0 saturated carbocycles. The monoisotopic (exact) mass is 273 g/mol. The molecule has 0 aromatic heterocycles. The maximum atomic E-state index is 12.2. The van der Waals surface area contributed by atoms with Crippen molar-refractivity contribution in [2.24, 2.45) is 5.16 Å². The number of Topliss-reactive ketones (excluding diaryl/α,β-unsaturated/α-hetero) is 1. The molecule has 0 radical (unpaired) electrons. The van der Waals surface area contributed by atoms with Gasteiger partial charge in [0.15, 0.2) is 17.6 Å². The first-order valence-electron chi connectivity index (χ1n) is 6.56. The van der Waals surface area contributed by atoms with Crippen molar-refractivity contribution in [3.63, 3.8) is 0 Å². The largest absolute Gasteiger partial charge is 0.410 e. The Bertz CT molecular complexity index is 344. The van der Waals surface area contributed by atoms with Crippen LogP contribution in [0, 0.1) is 0 Å². The molecule has 0 spiro atoms. The standard InChI is InChI=1S/C13H23NO5/c1-5-6-7-8-9-11(15)10(14-16)12(17-3)13(2,18-4)19-9/h9,12,16H,5-8H2,1-4H3/b14-10-. The number of carbonyl (C=O) groups excluding carboxylic acids is 1. The van der Waals surface area contributed by atoms with Crippen LogP contribution in [0.1, 0.15) is 39.5 Å². The van der Waals surface area contributed by atoms with E-state index in [4.69, 9.17) is 19.4 Å². The molecule has 0 amide bonds. The van der Waals surface area contributed by atoms with Gasteiger partial charge in [0.2, 0.25) is 5.78 Å². The Morgan fingerprint density at radius 2 is 2.11 bits per heavy atom. The summed E-state index contributed by atoms with van der Waals surface area (Å²) in [5.41, 5.74) is -0.0420. The molecular weight excluding hydrogens is 250 g/mol. The van der Waals surface area contributed by atoms with Crippen molar-refractivity contribution in [2.45, 2.75) is 57.5 Å². The molecule has 6 nitrogen and oxygen atoms in total. The molecule has 1 N–H and O–H groups in total. The lowest BCUT2D eigenvalue weighted by Crippen LogP contribution is -2.60. The minimum atomic E-state index is -1.12. The van der Waals surface area contributed by atoms with Gasteiger partial charge in [0.25, 0.3) is 0 Å². The van der Waals surface area contributed by atoms with Crippen LogP contribution in [-0.4, -0.2) is 48.9 Å². The zero-order chi connectivity index (χ0) is 14.5. The number of ether oxygens (including phenoxy) is 3. The number of unbranched alkanes of at least 4 members (excludes halogenated alkanes) is 2. The second kappa shape index (κ2) is 6.98. The Kier molecular flexibility index (Phi) is 5.90. The van der Waals surface area contributed by atoms with Crippen molar-refractivity contribution in [2.75, 3.05) is 14.2 Å². The van der Waals surface area contributed by atoms with Crippen LogP contribution in [0.5, 0.6) is 0 Å². The summed E-state index contributed by atoms with van der Waals surface area (Å²) in [6, 6.07) is 0. The minimum absolute atomic E-state index is 0.0420. The van der Waals surface area contributed by atoms with Gasteiger partial charge in [0.05, 0.1) is 0 Å². The van der Waals surface area contributed by atoms with E-state index in [0.29, 0.717) is 6.42 Å². The summed E-state index contributed by atoms with van der Waals surface area (Å²) in [5, 5.41) is 12.1. The van der Waals surface area contributed by atoms with Gasteiger partial charge < -0.3 is 19.4 Å². The third kappa shape index (κ3) is 3.32. The fourth-order valence-electron chi connectivity index (χ4n) is 2.29. The Labute approximate surface area is 113 Å². The zero-order valence-corrected chi connectivity index (χ0v) is 12.0. The molecule has 1 saturated heterocycles. The average Bonchev–Trinajstić information content (AvgIpc) is 2.42. The fraction of sp³-hybridized carbons (Fsp3) is 0.846. The highest BCUT2D eigenvalue weighted by atomic mass is 16.7. The lowest BCUT2D eigenvalue weighted by Gasteiger charge is -2.41. The molecule has 6 heteroatoms. The lowest BCUT2D eigenvalue weighted by molar-refractivity contribution is -0.273. The molecule has 0 aromatic rings. The van der Waals surface area contributed by atoms with E-state index in [2.05, 4.69) is 12.1 Å². The molecule has 1 heterocycles. The molecule has 0 bridgehead atoms. The second-order valence-electron chi connectivity index (χ2n) is 4.79. The van der Waals surface area contributed by atoms with E-state index >= 15 is 0 Å². The molecule has 0 aromatic carbocycles. The summed E-state index contributed by atoms with van der Waals surface area (Å²) in [4.78, 5) is 12.2. The summed E-state index contributed by atoms with van der Waals surface area (Å²) in [6.45, 7) is 3.76. The van der Waals surface area contributed by atoms with Crippen LogP contribution in [0.15, 0.2) is 5.16 Å². The highest BCUT2D eigenvalue weighted by Crippen LogP contribution is 2.30. The number of carbonyl (C=O) groups is 1. The molecular formula is C13H23NO5. The van der Waals surface area contributed by atoms with Crippen LogP contribution in [0.3, 0.4) is 0 Å². The summed E-state index contributed by atoms with van der Waals surface area (Å²) in [5.74, 6) is -1.46. The van der Waals surface area contributed by atoms with Gasteiger partial charge in [-0.2, -0.15) is 0 Å². The quantitative estimate of drug-likeness (QED) is 0.453. The van der Waals surface area contributed by atoms with Crippen LogP contribution < -0.4 is 0 Å². The van der Waals surface area contributed by atoms with E-state index in [1.54, 1.807) is 6.92 Å². The van der Waals surface area contributed by atoms with Crippen LogP contribution in [-0.2, 0) is 19.0 Å². The first-order valence-corrected chi connectivity index (χ1v) is 6.56. The van der Waals surface area contributed by atoms with Gasteiger partial charge in [0, 0.05) is 14.2 Å². The van der Waals surface area contributed by atoms with Crippen LogP contribution in [0.4, 0.5) is 0 Å². The highest BCUT2D eigenvalue weighted by molar-refractivity contribution is 6.43. The topological polar surface area (TPSA) is 77.3 Å². The molecule has 1 fully saturated rings. The van der Waals surface area contributed by atoms with E-state index in [9.17, 15) is 4.79 Å². The maximum absolute atomic E-state index is 12.2.